The Morgan fingerprint density at radius 3 is 2.72 bits per heavy atom. The van der Waals surface area contributed by atoms with E-state index in [4.69, 9.17) is 9.26 Å². The number of ether oxygens (including phenoxy) is 1. The molecule has 0 aliphatic heterocycles. The first-order valence-corrected chi connectivity index (χ1v) is 11.0. The summed E-state index contributed by atoms with van der Waals surface area (Å²) in [5.74, 6) is 1.40. The summed E-state index contributed by atoms with van der Waals surface area (Å²) in [6.07, 6.45) is 7.31. The van der Waals surface area contributed by atoms with Gasteiger partial charge in [0.2, 0.25) is 5.88 Å². The molecule has 0 bridgehead atoms. The van der Waals surface area contributed by atoms with Crippen molar-refractivity contribution in [1.29, 1.82) is 0 Å². The Labute approximate surface area is 187 Å². The molecule has 0 spiro atoms. The van der Waals surface area contributed by atoms with Gasteiger partial charge in [-0.3, -0.25) is 9.78 Å². The van der Waals surface area contributed by atoms with Gasteiger partial charge in [0.15, 0.2) is 0 Å². The number of amides is 1. The van der Waals surface area contributed by atoms with Crippen LogP contribution < -0.4 is 10.1 Å². The Balaban J connectivity index is 1.39. The van der Waals surface area contributed by atoms with Gasteiger partial charge in [-0.25, -0.2) is 4.98 Å². The molecule has 1 saturated carbocycles. The van der Waals surface area contributed by atoms with E-state index in [2.05, 4.69) is 26.5 Å². The van der Waals surface area contributed by atoms with E-state index in [1.54, 1.807) is 12.1 Å². The number of aliphatic hydroxyl groups excluding tert-OH is 1. The molecule has 0 aromatic carbocycles. The molecule has 1 amide bonds. The highest BCUT2D eigenvalue weighted by Gasteiger charge is 2.25. The summed E-state index contributed by atoms with van der Waals surface area (Å²) < 4.78 is 11.2. The molecule has 3 aromatic rings. The van der Waals surface area contributed by atoms with Crippen LogP contribution >= 0.6 is 0 Å². The SMILES string of the molecule is CCCC(CO)NC(=O)c1ccc(OCc2c(-c3ccc(C4CC4)nc3)noc2C)nc1. The highest BCUT2D eigenvalue weighted by atomic mass is 16.5. The van der Waals surface area contributed by atoms with Crippen molar-refractivity contribution >= 4 is 5.91 Å². The van der Waals surface area contributed by atoms with Gasteiger partial charge >= 0.3 is 0 Å². The van der Waals surface area contributed by atoms with Gasteiger partial charge < -0.3 is 19.7 Å². The van der Waals surface area contributed by atoms with E-state index in [0.717, 1.165) is 29.7 Å². The van der Waals surface area contributed by atoms with Crippen molar-refractivity contribution in [1.82, 2.24) is 20.4 Å². The Kier molecular flexibility index (Phi) is 6.80. The Morgan fingerprint density at radius 2 is 2.09 bits per heavy atom. The topological polar surface area (TPSA) is 110 Å². The maximum Gasteiger partial charge on any atom is 0.253 e. The van der Waals surface area contributed by atoms with Crippen molar-refractivity contribution < 1.29 is 19.2 Å². The molecule has 2 N–H and O–H groups in total. The summed E-state index contributed by atoms with van der Waals surface area (Å²) in [6.45, 7) is 3.99. The van der Waals surface area contributed by atoms with Gasteiger partial charge in [0, 0.05) is 35.6 Å². The number of hydrogen-bond acceptors (Lipinski definition) is 7. The third kappa shape index (κ3) is 5.13. The highest BCUT2D eigenvalue weighted by Crippen LogP contribution is 2.39. The second-order valence-electron chi connectivity index (χ2n) is 8.13. The third-order valence-corrected chi connectivity index (χ3v) is 5.60. The predicted octanol–water partition coefficient (Wildman–Crippen LogP) is 3.79. The summed E-state index contributed by atoms with van der Waals surface area (Å²) in [7, 11) is 0. The van der Waals surface area contributed by atoms with Crippen LogP contribution in [0.25, 0.3) is 11.3 Å². The summed E-state index contributed by atoms with van der Waals surface area (Å²) in [5.41, 5.74) is 3.96. The Morgan fingerprint density at radius 1 is 1.25 bits per heavy atom. The van der Waals surface area contributed by atoms with Crippen LogP contribution in [0.15, 0.2) is 41.2 Å². The summed E-state index contributed by atoms with van der Waals surface area (Å²) in [6, 6.07) is 7.11. The molecule has 1 atom stereocenters. The fraction of sp³-hybridized carbons (Fsp3) is 0.417. The lowest BCUT2D eigenvalue weighted by atomic mass is 10.1. The summed E-state index contributed by atoms with van der Waals surface area (Å²) in [5, 5.41) is 16.4. The number of carbonyl (C=O) groups is 1. The molecule has 8 heteroatoms. The first-order chi connectivity index (χ1) is 15.6. The molecule has 1 fully saturated rings. The number of hydrogen-bond donors (Lipinski definition) is 2. The molecule has 1 aliphatic rings. The number of aryl methyl sites for hydroxylation is 1. The Hall–Kier alpha value is -3.26. The minimum Gasteiger partial charge on any atom is -0.473 e. The van der Waals surface area contributed by atoms with Crippen LogP contribution in [0.4, 0.5) is 0 Å². The van der Waals surface area contributed by atoms with Crippen LogP contribution in [-0.4, -0.2) is 38.8 Å². The van der Waals surface area contributed by atoms with Crippen LogP contribution in [0.1, 0.15) is 65.9 Å². The molecule has 3 heterocycles. The van der Waals surface area contributed by atoms with E-state index in [1.165, 1.54) is 19.0 Å². The van der Waals surface area contributed by atoms with Crippen molar-refractivity contribution in [2.75, 3.05) is 6.61 Å². The van der Waals surface area contributed by atoms with Crippen molar-refractivity contribution in [2.45, 2.75) is 58.1 Å². The average molecular weight is 437 g/mol. The monoisotopic (exact) mass is 436 g/mol. The largest absolute Gasteiger partial charge is 0.473 e. The highest BCUT2D eigenvalue weighted by molar-refractivity contribution is 5.94. The van der Waals surface area contributed by atoms with Crippen molar-refractivity contribution in [2.24, 2.45) is 0 Å². The Bertz CT molecular complexity index is 1040. The summed E-state index contributed by atoms with van der Waals surface area (Å²) in [4.78, 5) is 21.1. The number of nitrogens with zero attached hydrogens (tertiary/aromatic N) is 3. The molecule has 32 heavy (non-hydrogen) atoms. The van der Waals surface area contributed by atoms with Gasteiger partial charge in [-0.1, -0.05) is 18.5 Å². The van der Waals surface area contributed by atoms with E-state index >= 15 is 0 Å². The molecule has 0 radical (unpaired) electrons. The zero-order valence-electron chi connectivity index (χ0n) is 18.4. The van der Waals surface area contributed by atoms with Crippen molar-refractivity contribution in [3.63, 3.8) is 0 Å². The second-order valence-corrected chi connectivity index (χ2v) is 8.13. The molecular formula is C24H28N4O4. The first-order valence-electron chi connectivity index (χ1n) is 11.0. The molecule has 1 unspecified atom stereocenters. The number of nitrogens with one attached hydrogen (secondary N) is 1. The lowest BCUT2D eigenvalue weighted by molar-refractivity contribution is 0.0912. The second kappa shape index (κ2) is 9.91. The fourth-order valence-corrected chi connectivity index (χ4v) is 3.53. The van der Waals surface area contributed by atoms with Crippen molar-refractivity contribution in [3.05, 3.63) is 59.2 Å². The quantitative estimate of drug-likeness (QED) is 0.497. The minimum atomic E-state index is -0.268. The average Bonchev–Trinajstić information content (AvgIpc) is 3.60. The lowest BCUT2D eigenvalue weighted by Crippen LogP contribution is -2.37. The van der Waals surface area contributed by atoms with Crippen LogP contribution in [-0.2, 0) is 6.61 Å². The van der Waals surface area contributed by atoms with E-state index < -0.39 is 0 Å². The maximum absolute atomic E-state index is 12.3. The molecular weight excluding hydrogens is 408 g/mol. The normalized spacial score (nSPS) is 14.2. The minimum absolute atomic E-state index is 0.0898. The summed E-state index contributed by atoms with van der Waals surface area (Å²) >= 11 is 0. The van der Waals surface area contributed by atoms with E-state index in [-0.39, 0.29) is 25.2 Å². The van der Waals surface area contributed by atoms with Gasteiger partial charge in [-0.2, -0.15) is 0 Å². The van der Waals surface area contributed by atoms with Gasteiger partial charge in [-0.15, -0.1) is 0 Å². The van der Waals surface area contributed by atoms with Crippen LogP contribution in [0, 0.1) is 6.92 Å². The van der Waals surface area contributed by atoms with Crippen molar-refractivity contribution in [3.8, 4) is 17.1 Å². The van der Waals surface area contributed by atoms with Gasteiger partial charge in [0.1, 0.15) is 18.1 Å². The maximum atomic E-state index is 12.3. The molecule has 3 aromatic heterocycles. The van der Waals surface area contributed by atoms with Crippen LogP contribution in [0.5, 0.6) is 5.88 Å². The van der Waals surface area contributed by atoms with E-state index in [9.17, 15) is 9.90 Å². The van der Waals surface area contributed by atoms with Crippen LogP contribution in [0.2, 0.25) is 0 Å². The molecule has 8 nitrogen and oxygen atoms in total. The van der Waals surface area contributed by atoms with Gasteiger partial charge in [0.05, 0.1) is 23.8 Å². The molecule has 168 valence electrons. The smallest absolute Gasteiger partial charge is 0.253 e. The fourth-order valence-electron chi connectivity index (χ4n) is 3.53. The molecule has 4 rings (SSSR count). The van der Waals surface area contributed by atoms with Gasteiger partial charge in [-0.05, 0) is 44.4 Å². The number of carbonyl (C=O) groups excluding carboxylic acids is 1. The number of aromatic nitrogens is 3. The zero-order valence-corrected chi connectivity index (χ0v) is 18.4. The van der Waals surface area contributed by atoms with E-state index in [1.807, 2.05) is 26.1 Å². The predicted molar refractivity (Wildman–Crippen MR) is 118 cm³/mol. The molecule has 1 aliphatic carbocycles. The number of aliphatic hydroxyl groups is 1. The van der Waals surface area contributed by atoms with Gasteiger partial charge in [0.25, 0.3) is 5.91 Å². The third-order valence-electron chi connectivity index (χ3n) is 5.60. The first kappa shape index (κ1) is 22.0. The standard InChI is InChI=1S/C24H28N4O4/c1-3-4-19(13-29)27-24(30)18-8-10-22(26-12-18)31-14-20-15(2)32-28-23(20)17-7-9-21(25-11-17)16-5-6-16/h7-12,16,19,29H,3-6,13-14H2,1-2H3,(H,27,30). The number of rotatable bonds is 10. The zero-order chi connectivity index (χ0) is 22.5. The lowest BCUT2D eigenvalue weighted by Gasteiger charge is -2.15. The number of pyridine rings is 2. The van der Waals surface area contributed by atoms with E-state index in [0.29, 0.717) is 28.8 Å². The van der Waals surface area contributed by atoms with Crippen LogP contribution in [0.3, 0.4) is 0 Å². The molecule has 0 saturated heterocycles.